The topological polar surface area (TPSA) is 69.3 Å². The molecule has 0 spiro atoms. The van der Waals surface area contributed by atoms with Gasteiger partial charge in [-0.15, -0.1) is 0 Å². The van der Waals surface area contributed by atoms with Crippen molar-refractivity contribution in [1.29, 1.82) is 10.5 Å². The number of nitrogens with zero attached hydrogens (tertiary/aromatic N) is 3. The molecule has 0 amide bonds. The van der Waals surface area contributed by atoms with Gasteiger partial charge in [0.25, 0.3) is 0 Å². The highest BCUT2D eigenvalue weighted by Crippen LogP contribution is 2.55. The second-order valence-corrected chi connectivity index (χ2v) is 13.6. The van der Waals surface area contributed by atoms with E-state index in [-0.39, 0.29) is 23.0 Å². The highest BCUT2D eigenvalue weighted by Gasteiger charge is 2.31. The van der Waals surface area contributed by atoms with Crippen LogP contribution in [0, 0.1) is 36.5 Å². The summed E-state index contributed by atoms with van der Waals surface area (Å²) in [7, 11) is 3.70. The van der Waals surface area contributed by atoms with Gasteiger partial charge in [-0.3, -0.25) is 0 Å². The Labute approximate surface area is 273 Å². The highest BCUT2D eigenvalue weighted by molar-refractivity contribution is 7.99. The van der Waals surface area contributed by atoms with E-state index in [0.29, 0.717) is 39.5 Å². The number of para-hydroxylation sites is 2. The Kier molecular flexibility index (Phi) is 10.5. The fourth-order valence-electron chi connectivity index (χ4n) is 5.27. The van der Waals surface area contributed by atoms with E-state index in [0.717, 1.165) is 16.0 Å². The van der Waals surface area contributed by atoms with E-state index >= 15 is 0 Å². The molecule has 6 heteroatoms. The molecule has 0 aliphatic rings. The maximum atomic E-state index is 10.7. The molecule has 0 aliphatic carbocycles. The van der Waals surface area contributed by atoms with Gasteiger partial charge in [-0.1, -0.05) is 102 Å². The fourth-order valence-corrected chi connectivity index (χ4v) is 6.77. The van der Waals surface area contributed by atoms with Crippen LogP contribution in [0.1, 0.15) is 98.2 Å². The fraction of sp³-hybridized carbons (Fsp3) is 0.333. The zero-order valence-corrected chi connectivity index (χ0v) is 28.9. The lowest BCUT2D eigenvalue weighted by atomic mass is 9.89. The maximum absolute atomic E-state index is 10.7. The van der Waals surface area contributed by atoms with Gasteiger partial charge in [0.05, 0.1) is 16.0 Å². The second kappa shape index (κ2) is 14.1. The smallest absolute Gasteiger partial charge is 0.195 e. The molecular weight excluding hydrogens is 575 g/mol. The lowest BCUT2D eigenvalue weighted by Gasteiger charge is -2.27. The van der Waals surface area contributed by atoms with Gasteiger partial charge in [-0.05, 0) is 71.6 Å². The van der Waals surface area contributed by atoms with Gasteiger partial charge in [0.1, 0.15) is 29.3 Å². The Hall–Kier alpha value is -4.39. The molecule has 4 rings (SSSR count). The molecule has 0 bridgehead atoms. The first-order valence-electron chi connectivity index (χ1n) is 15.4. The number of hydrogen-bond donors (Lipinski definition) is 0. The molecule has 0 aliphatic heterocycles. The van der Waals surface area contributed by atoms with Crippen molar-refractivity contribution in [2.45, 2.75) is 82.9 Å². The minimum Gasteiger partial charge on any atom is -0.452 e. The first-order chi connectivity index (χ1) is 21.4. The zero-order valence-electron chi connectivity index (χ0n) is 28.1. The normalized spacial score (nSPS) is 11.1. The molecule has 0 saturated heterocycles. The van der Waals surface area contributed by atoms with Crippen molar-refractivity contribution in [2.75, 3.05) is 19.0 Å². The van der Waals surface area contributed by atoms with Gasteiger partial charge < -0.3 is 14.4 Å². The first kappa shape index (κ1) is 33.5. The molecule has 5 nitrogen and oxygen atoms in total. The zero-order chi connectivity index (χ0) is 33.0. The SMILES string of the molecule is Cc1ccccc1Oc1c(Oc2ccccc2C)c(N(C)C)c(C#N)c(C#N)c1Sc1c(C(C)C)cc(C(C)C)cc1C(C)C. The molecule has 0 saturated carbocycles. The molecule has 0 aromatic heterocycles. The average molecular weight is 618 g/mol. The Morgan fingerprint density at radius 2 is 1.11 bits per heavy atom. The summed E-state index contributed by atoms with van der Waals surface area (Å²) < 4.78 is 13.5. The summed E-state index contributed by atoms with van der Waals surface area (Å²) in [5.41, 5.74) is 6.59. The number of ether oxygens (including phenoxy) is 2. The minimum atomic E-state index is 0.231. The number of aryl methyl sites for hydroxylation is 2. The molecular formula is C39H43N3O2S. The minimum absolute atomic E-state index is 0.231. The Morgan fingerprint density at radius 3 is 1.51 bits per heavy atom. The van der Waals surface area contributed by atoms with Crippen LogP contribution in [0.2, 0.25) is 0 Å². The van der Waals surface area contributed by atoms with Crippen molar-refractivity contribution in [2.24, 2.45) is 0 Å². The number of nitriles is 2. The summed E-state index contributed by atoms with van der Waals surface area (Å²) in [6.45, 7) is 17.2. The van der Waals surface area contributed by atoms with Crippen LogP contribution in [0.25, 0.3) is 0 Å². The third-order valence-corrected chi connectivity index (χ3v) is 9.18. The van der Waals surface area contributed by atoms with Gasteiger partial charge >= 0.3 is 0 Å². The van der Waals surface area contributed by atoms with E-state index in [4.69, 9.17) is 9.47 Å². The predicted molar refractivity (Wildman–Crippen MR) is 186 cm³/mol. The van der Waals surface area contributed by atoms with Crippen LogP contribution in [0.15, 0.2) is 70.5 Å². The van der Waals surface area contributed by atoms with Gasteiger partial charge in [0.2, 0.25) is 0 Å². The molecule has 232 valence electrons. The maximum Gasteiger partial charge on any atom is 0.195 e. The monoisotopic (exact) mass is 617 g/mol. The number of hydrogen-bond acceptors (Lipinski definition) is 6. The molecule has 0 atom stereocenters. The number of anilines is 1. The van der Waals surface area contributed by atoms with Crippen LogP contribution in [0.4, 0.5) is 5.69 Å². The average Bonchev–Trinajstić information content (AvgIpc) is 2.99. The molecule has 4 aromatic carbocycles. The third-order valence-electron chi connectivity index (χ3n) is 7.91. The Morgan fingerprint density at radius 1 is 0.644 bits per heavy atom. The third kappa shape index (κ3) is 6.98. The first-order valence-corrected chi connectivity index (χ1v) is 16.2. The van der Waals surface area contributed by atoms with E-state index in [9.17, 15) is 10.5 Å². The van der Waals surface area contributed by atoms with Crippen molar-refractivity contribution in [3.63, 3.8) is 0 Å². The number of rotatable bonds is 10. The summed E-state index contributed by atoms with van der Waals surface area (Å²) in [6, 6.07) is 24.9. The largest absolute Gasteiger partial charge is 0.452 e. The number of benzene rings is 4. The standard InChI is InChI=1S/C39H43N3O2S/c1-23(2)28-19-29(24(3)4)38(30(20-28)25(5)6)45-39-32(22-41)31(21-40)35(42(9)10)36(43-33-17-13-11-15-26(33)7)37(39)44-34-18-14-12-16-27(34)8/h11-20,23-25H,1-10H3. The lowest BCUT2D eigenvalue weighted by Crippen LogP contribution is -2.14. The summed E-state index contributed by atoms with van der Waals surface area (Å²) >= 11 is 1.50. The van der Waals surface area contributed by atoms with Crippen LogP contribution < -0.4 is 14.4 Å². The van der Waals surface area contributed by atoms with Gasteiger partial charge in [0.15, 0.2) is 11.5 Å². The molecule has 0 heterocycles. The van der Waals surface area contributed by atoms with Crippen LogP contribution in [0.5, 0.6) is 23.0 Å². The summed E-state index contributed by atoms with van der Waals surface area (Å²) in [4.78, 5) is 3.47. The van der Waals surface area contributed by atoms with Crippen LogP contribution in [0.3, 0.4) is 0 Å². The van der Waals surface area contributed by atoms with Crippen LogP contribution in [-0.2, 0) is 0 Å². The quantitative estimate of drug-likeness (QED) is 0.176. The molecule has 0 N–H and O–H groups in total. The van der Waals surface area contributed by atoms with Crippen LogP contribution in [-0.4, -0.2) is 14.1 Å². The summed E-state index contributed by atoms with van der Waals surface area (Å²) in [6.07, 6.45) is 0. The van der Waals surface area contributed by atoms with Gasteiger partial charge in [0, 0.05) is 19.0 Å². The molecule has 0 unspecified atom stereocenters. The van der Waals surface area contributed by atoms with Crippen LogP contribution >= 0.6 is 11.8 Å². The highest BCUT2D eigenvalue weighted by atomic mass is 32.2. The van der Waals surface area contributed by atoms with Crippen molar-refractivity contribution in [3.05, 3.63) is 99.6 Å². The molecule has 4 aromatic rings. The summed E-state index contributed by atoms with van der Waals surface area (Å²) in [5.74, 6) is 2.93. The molecule has 0 radical (unpaired) electrons. The van der Waals surface area contributed by atoms with Gasteiger partial charge in [-0.2, -0.15) is 10.5 Å². The predicted octanol–water partition coefficient (Wildman–Crippen LogP) is 11.2. The van der Waals surface area contributed by atoms with E-state index in [1.54, 1.807) is 0 Å². The Bertz CT molecular complexity index is 1760. The lowest BCUT2D eigenvalue weighted by molar-refractivity contribution is 0.408. The summed E-state index contributed by atoms with van der Waals surface area (Å²) in [5, 5.41) is 21.3. The van der Waals surface area contributed by atoms with E-state index in [1.807, 2.05) is 81.4 Å². The van der Waals surface area contributed by atoms with Gasteiger partial charge in [-0.25, -0.2) is 0 Å². The van der Waals surface area contributed by atoms with Crippen molar-refractivity contribution in [3.8, 4) is 35.1 Å². The van der Waals surface area contributed by atoms with E-state index < -0.39 is 0 Å². The van der Waals surface area contributed by atoms with E-state index in [2.05, 4.69) is 65.8 Å². The van der Waals surface area contributed by atoms with Crippen molar-refractivity contribution in [1.82, 2.24) is 0 Å². The van der Waals surface area contributed by atoms with Crippen molar-refractivity contribution >= 4 is 17.4 Å². The second-order valence-electron chi connectivity index (χ2n) is 12.5. The molecule has 45 heavy (non-hydrogen) atoms. The van der Waals surface area contributed by atoms with E-state index in [1.165, 1.54) is 28.5 Å². The molecule has 0 fully saturated rings. The Balaban J connectivity index is 2.17. The van der Waals surface area contributed by atoms with Crippen molar-refractivity contribution < 1.29 is 9.47 Å².